The summed E-state index contributed by atoms with van der Waals surface area (Å²) in [6.07, 6.45) is 3.62. The minimum absolute atomic E-state index is 0.331. The lowest BCUT2D eigenvalue weighted by atomic mass is 10.1. The average molecular weight is 614 g/mol. The number of ether oxygens (including phenoxy) is 2. The molecule has 10 nitrogen and oxygen atoms in total. The van der Waals surface area contributed by atoms with Crippen molar-refractivity contribution in [3.8, 4) is 5.75 Å². The lowest BCUT2D eigenvalue weighted by Crippen LogP contribution is -2.37. The number of morpholine rings is 1. The lowest BCUT2D eigenvalue weighted by molar-refractivity contribution is -0.111. The molecule has 0 aliphatic carbocycles. The lowest BCUT2D eigenvalue weighted by Gasteiger charge is -2.26. The van der Waals surface area contributed by atoms with E-state index in [1.165, 1.54) is 12.4 Å². The number of fused-ring (bicyclic) bond motifs is 4. The minimum Gasteiger partial charge on any atom is -0.491 e. The maximum atomic E-state index is 12.5. The SMILES string of the molecule is C=CC(=O)Nc1cc2c(Nc3c4c(ccc5ccccc54)nn3Cc3ccccc3)ncnc2cc1OCCCN1CCOCC1. The first-order valence-electron chi connectivity index (χ1n) is 15.5. The highest BCUT2D eigenvalue weighted by atomic mass is 16.5. The van der Waals surface area contributed by atoms with Gasteiger partial charge in [0, 0.05) is 31.1 Å². The van der Waals surface area contributed by atoms with Gasteiger partial charge in [0.1, 0.15) is 23.7 Å². The minimum atomic E-state index is -0.331. The van der Waals surface area contributed by atoms with Gasteiger partial charge in [-0.3, -0.25) is 9.69 Å². The smallest absolute Gasteiger partial charge is 0.247 e. The van der Waals surface area contributed by atoms with Crippen molar-refractivity contribution in [2.24, 2.45) is 0 Å². The summed E-state index contributed by atoms with van der Waals surface area (Å²) < 4.78 is 13.6. The fraction of sp³-hybridized carbons (Fsp3) is 0.222. The molecule has 2 aromatic heterocycles. The molecule has 1 fully saturated rings. The van der Waals surface area contributed by atoms with Crippen LogP contribution >= 0.6 is 0 Å². The van der Waals surface area contributed by atoms with Crippen molar-refractivity contribution in [1.82, 2.24) is 24.6 Å². The van der Waals surface area contributed by atoms with E-state index >= 15 is 0 Å². The number of hydrogen-bond acceptors (Lipinski definition) is 8. The molecule has 2 N–H and O–H groups in total. The fourth-order valence-corrected chi connectivity index (χ4v) is 5.89. The van der Waals surface area contributed by atoms with E-state index in [1.807, 2.05) is 53.2 Å². The Morgan fingerprint density at radius 3 is 2.63 bits per heavy atom. The Morgan fingerprint density at radius 2 is 1.78 bits per heavy atom. The van der Waals surface area contributed by atoms with Crippen LogP contribution in [-0.4, -0.2) is 70.0 Å². The Kier molecular flexibility index (Phi) is 8.53. The first-order valence-corrected chi connectivity index (χ1v) is 15.5. The molecule has 1 saturated heterocycles. The summed E-state index contributed by atoms with van der Waals surface area (Å²) in [4.78, 5) is 24.1. The number of nitrogens with zero attached hydrogens (tertiary/aromatic N) is 5. The maximum absolute atomic E-state index is 12.5. The van der Waals surface area contributed by atoms with E-state index < -0.39 is 0 Å². The topological polar surface area (TPSA) is 106 Å². The van der Waals surface area contributed by atoms with Gasteiger partial charge >= 0.3 is 0 Å². The number of hydrogen-bond donors (Lipinski definition) is 2. The molecule has 4 aromatic carbocycles. The number of rotatable bonds is 11. The van der Waals surface area contributed by atoms with E-state index in [0.29, 0.717) is 35.9 Å². The van der Waals surface area contributed by atoms with Gasteiger partial charge in [-0.15, -0.1) is 0 Å². The molecule has 232 valence electrons. The Morgan fingerprint density at radius 1 is 0.957 bits per heavy atom. The van der Waals surface area contributed by atoms with Gasteiger partial charge < -0.3 is 20.1 Å². The van der Waals surface area contributed by atoms with Gasteiger partial charge in [-0.2, -0.15) is 5.10 Å². The summed E-state index contributed by atoms with van der Waals surface area (Å²) in [5, 5.41) is 15.5. The highest BCUT2D eigenvalue weighted by molar-refractivity contribution is 6.13. The van der Waals surface area contributed by atoms with E-state index in [4.69, 9.17) is 14.6 Å². The monoisotopic (exact) mass is 613 g/mol. The molecule has 1 aliphatic heterocycles. The average Bonchev–Trinajstić information content (AvgIpc) is 3.44. The van der Waals surface area contributed by atoms with Gasteiger partial charge in [0.2, 0.25) is 5.91 Å². The molecule has 0 spiro atoms. The van der Waals surface area contributed by atoms with Crippen LogP contribution in [-0.2, 0) is 16.1 Å². The molecule has 0 atom stereocenters. The third-order valence-corrected chi connectivity index (χ3v) is 8.20. The molecule has 46 heavy (non-hydrogen) atoms. The van der Waals surface area contributed by atoms with Crippen LogP contribution in [0.3, 0.4) is 0 Å². The number of amides is 1. The molecule has 0 unspecified atom stereocenters. The van der Waals surface area contributed by atoms with E-state index in [9.17, 15) is 4.79 Å². The van der Waals surface area contributed by atoms with Crippen LogP contribution in [0.15, 0.2) is 97.8 Å². The fourth-order valence-electron chi connectivity index (χ4n) is 5.89. The van der Waals surface area contributed by atoms with Crippen LogP contribution in [0.2, 0.25) is 0 Å². The highest BCUT2D eigenvalue weighted by Crippen LogP contribution is 2.37. The van der Waals surface area contributed by atoms with Gasteiger partial charge in [-0.25, -0.2) is 14.6 Å². The number of carbonyl (C=O) groups excluding carboxylic acids is 1. The zero-order valence-corrected chi connectivity index (χ0v) is 25.5. The number of benzene rings is 4. The molecule has 0 bridgehead atoms. The van der Waals surface area contributed by atoms with Crippen LogP contribution in [0.25, 0.3) is 32.6 Å². The Bertz CT molecular complexity index is 2020. The number of aromatic nitrogens is 4. The van der Waals surface area contributed by atoms with Crippen molar-refractivity contribution >= 4 is 55.8 Å². The van der Waals surface area contributed by atoms with Crippen molar-refractivity contribution in [1.29, 1.82) is 0 Å². The number of anilines is 3. The van der Waals surface area contributed by atoms with E-state index in [1.54, 1.807) is 0 Å². The molecule has 6 aromatic rings. The zero-order chi connectivity index (χ0) is 31.3. The molecular formula is C36H35N7O3. The van der Waals surface area contributed by atoms with Gasteiger partial charge in [0.25, 0.3) is 0 Å². The molecule has 1 amide bonds. The molecule has 10 heteroatoms. The summed E-state index contributed by atoms with van der Waals surface area (Å²) in [6.45, 7) is 8.99. The molecule has 0 radical (unpaired) electrons. The van der Waals surface area contributed by atoms with Gasteiger partial charge in [-0.05, 0) is 41.0 Å². The predicted octanol–water partition coefficient (Wildman–Crippen LogP) is 6.15. The summed E-state index contributed by atoms with van der Waals surface area (Å²) in [5.74, 6) is 1.61. The molecular weight excluding hydrogens is 578 g/mol. The molecule has 1 aliphatic rings. The predicted molar refractivity (Wildman–Crippen MR) is 182 cm³/mol. The first kappa shape index (κ1) is 29.4. The molecule has 7 rings (SSSR count). The normalized spacial score (nSPS) is 13.7. The Hall–Kier alpha value is -5.32. The second kappa shape index (κ2) is 13.4. The molecule has 3 heterocycles. The van der Waals surface area contributed by atoms with Crippen molar-refractivity contribution in [3.05, 3.63) is 103 Å². The van der Waals surface area contributed by atoms with Gasteiger partial charge in [-0.1, -0.05) is 67.2 Å². The Balaban J connectivity index is 1.26. The van der Waals surface area contributed by atoms with Crippen LogP contribution in [0.5, 0.6) is 5.75 Å². The Labute approximate surface area is 266 Å². The van der Waals surface area contributed by atoms with E-state index in [0.717, 1.165) is 77.7 Å². The maximum Gasteiger partial charge on any atom is 0.247 e. The summed E-state index contributed by atoms with van der Waals surface area (Å²) in [6, 6.07) is 26.4. The second-order valence-electron chi connectivity index (χ2n) is 11.2. The number of nitrogens with one attached hydrogen (secondary N) is 2. The van der Waals surface area contributed by atoms with Crippen LogP contribution in [0.4, 0.5) is 17.3 Å². The van der Waals surface area contributed by atoms with Crippen molar-refractivity contribution in [2.45, 2.75) is 13.0 Å². The number of carbonyl (C=O) groups is 1. The summed E-state index contributed by atoms with van der Waals surface area (Å²) in [5.41, 5.74) is 3.21. The zero-order valence-electron chi connectivity index (χ0n) is 25.5. The van der Waals surface area contributed by atoms with Gasteiger partial charge in [0.05, 0.1) is 48.5 Å². The summed E-state index contributed by atoms with van der Waals surface area (Å²) >= 11 is 0. The van der Waals surface area contributed by atoms with E-state index in [-0.39, 0.29) is 5.91 Å². The third kappa shape index (κ3) is 6.26. The largest absolute Gasteiger partial charge is 0.491 e. The van der Waals surface area contributed by atoms with Crippen molar-refractivity contribution in [3.63, 3.8) is 0 Å². The summed E-state index contributed by atoms with van der Waals surface area (Å²) in [7, 11) is 0. The van der Waals surface area contributed by atoms with Crippen LogP contribution in [0, 0.1) is 0 Å². The van der Waals surface area contributed by atoms with E-state index in [2.05, 4.69) is 62.4 Å². The highest BCUT2D eigenvalue weighted by Gasteiger charge is 2.19. The third-order valence-electron chi connectivity index (χ3n) is 8.20. The second-order valence-corrected chi connectivity index (χ2v) is 11.2. The van der Waals surface area contributed by atoms with Gasteiger partial charge in [0.15, 0.2) is 0 Å². The van der Waals surface area contributed by atoms with Crippen molar-refractivity contribution in [2.75, 3.05) is 50.1 Å². The first-order chi connectivity index (χ1) is 22.7. The quantitative estimate of drug-likeness (QED) is 0.132. The standard InChI is InChI=1S/C36H35N7O3/c1-2-33(44)39-31-21-28-30(22-32(31)46-18-8-15-42-16-19-45-20-17-42)37-24-38-35(28)40-36-34-27-12-7-6-11-26(27)13-14-29(34)41-43(36)23-25-9-4-3-5-10-25/h2-7,9-14,21-22,24H,1,8,15-20,23H2,(H,39,44)(H,37,38,40). The van der Waals surface area contributed by atoms with Crippen LogP contribution < -0.4 is 15.4 Å². The van der Waals surface area contributed by atoms with Crippen LogP contribution in [0.1, 0.15) is 12.0 Å². The van der Waals surface area contributed by atoms with Crippen molar-refractivity contribution < 1.29 is 14.3 Å². The molecule has 0 saturated carbocycles.